The van der Waals surface area contributed by atoms with Crippen molar-refractivity contribution in [2.75, 3.05) is 0 Å². The van der Waals surface area contributed by atoms with Gasteiger partial charge in [0.05, 0.1) is 11.0 Å². The molecule has 0 fully saturated rings. The standard InChI is InChI=1S/C28H18F3NO2/c29-28(30,31)27(34)17-26(33)20-11-9-18(10-12-20)19-13-15-21(16-14-19)32-24-7-3-1-5-22(24)23-6-2-4-8-25(23)32/h1-17,33H/b26-17-. The van der Waals surface area contributed by atoms with E-state index in [1.165, 1.54) is 22.9 Å². The van der Waals surface area contributed by atoms with Gasteiger partial charge in [0.1, 0.15) is 5.76 Å². The van der Waals surface area contributed by atoms with Gasteiger partial charge in [-0.2, -0.15) is 13.2 Å². The van der Waals surface area contributed by atoms with Crippen molar-refractivity contribution in [2.24, 2.45) is 0 Å². The van der Waals surface area contributed by atoms with Gasteiger partial charge in [-0.05, 0) is 35.4 Å². The lowest BCUT2D eigenvalue weighted by Gasteiger charge is -2.10. The number of carbonyl (C=O) groups excluding carboxylic acids is 1. The number of rotatable bonds is 4. The van der Waals surface area contributed by atoms with Gasteiger partial charge in [0.15, 0.2) is 0 Å². The third-order valence-corrected chi connectivity index (χ3v) is 5.77. The maximum absolute atomic E-state index is 12.4. The smallest absolute Gasteiger partial charge is 0.454 e. The number of hydrogen-bond acceptors (Lipinski definition) is 2. The highest BCUT2D eigenvalue weighted by molar-refractivity contribution is 6.09. The zero-order chi connectivity index (χ0) is 23.9. The second kappa shape index (κ2) is 8.23. The minimum absolute atomic E-state index is 0.128. The molecule has 6 heteroatoms. The number of nitrogens with zero attached hydrogens (tertiary/aromatic N) is 1. The Hall–Kier alpha value is -4.32. The molecule has 1 N–H and O–H groups in total. The predicted molar refractivity (Wildman–Crippen MR) is 128 cm³/mol. The van der Waals surface area contributed by atoms with E-state index >= 15 is 0 Å². The zero-order valence-corrected chi connectivity index (χ0v) is 17.8. The Morgan fingerprint density at radius 2 is 1.18 bits per heavy atom. The number of aromatic nitrogens is 1. The van der Waals surface area contributed by atoms with E-state index in [4.69, 9.17) is 0 Å². The molecule has 0 bridgehead atoms. The van der Waals surface area contributed by atoms with E-state index in [2.05, 4.69) is 28.8 Å². The second-order valence-electron chi connectivity index (χ2n) is 7.89. The first-order valence-electron chi connectivity index (χ1n) is 10.5. The van der Waals surface area contributed by atoms with Crippen molar-refractivity contribution in [3.63, 3.8) is 0 Å². The Morgan fingerprint density at radius 3 is 1.68 bits per heavy atom. The van der Waals surface area contributed by atoms with Crippen LogP contribution >= 0.6 is 0 Å². The van der Waals surface area contributed by atoms with Gasteiger partial charge in [-0.3, -0.25) is 4.79 Å². The summed E-state index contributed by atoms with van der Waals surface area (Å²) in [6.45, 7) is 0. The van der Waals surface area contributed by atoms with E-state index in [9.17, 15) is 23.1 Å². The Balaban J connectivity index is 1.47. The molecule has 0 amide bonds. The normalized spacial score (nSPS) is 12.4. The van der Waals surface area contributed by atoms with Gasteiger partial charge in [0.25, 0.3) is 5.78 Å². The number of carbonyl (C=O) groups is 1. The summed E-state index contributed by atoms with van der Waals surface area (Å²) in [6.07, 6.45) is -4.83. The summed E-state index contributed by atoms with van der Waals surface area (Å²) in [4.78, 5) is 11.1. The first-order valence-corrected chi connectivity index (χ1v) is 10.5. The number of aliphatic hydroxyl groups is 1. The predicted octanol–water partition coefficient (Wildman–Crippen LogP) is 7.48. The fourth-order valence-electron chi connectivity index (χ4n) is 4.13. The monoisotopic (exact) mass is 457 g/mol. The number of hydrogen-bond donors (Lipinski definition) is 1. The Bertz CT molecular complexity index is 1490. The average molecular weight is 457 g/mol. The molecule has 0 saturated heterocycles. The first-order chi connectivity index (χ1) is 16.3. The number of alkyl halides is 3. The molecule has 0 radical (unpaired) electrons. The van der Waals surface area contributed by atoms with Crippen molar-refractivity contribution < 1.29 is 23.1 Å². The number of para-hydroxylation sites is 2. The van der Waals surface area contributed by atoms with Crippen LogP contribution in [0.5, 0.6) is 0 Å². The van der Waals surface area contributed by atoms with Crippen LogP contribution in [0.25, 0.3) is 44.4 Å². The summed E-state index contributed by atoms with van der Waals surface area (Å²) < 4.78 is 39.4. The maximum Gasteiger partial charge on any atom is 0.454 e. The molecule has 3 nitrogen and oxygen atoms in total. The van der Waals surface area contributed by atoms with Gasteiger partial charge in [0.2, 0.25) is 0 Å². The van der Waals surface area contributed by atoms with Crippen molar-refractivity contribution >= 4 is 33.3 Å². The van der Waals surface area contributed by atoms with Crippen LogP contribution in [0.15, 0.2) is 103 Å². The van der Waals surface area contributed by atoms with Gasteiger partial charge in [-0.1, -0.05) is 72.8 Å². The van der Waals surface area contributed by atoms with Gasteiger partial charge in [0, 0.05) is 28.1 Å². The van der Waals surface area contributed by atoms with Crippen molar-refractivity contribution in [3.8, 4) is 16.8 Å². The average Bonchev–Trinajstić information content (AvgIpc) is 3.18. The highest BCUT2D eigenvalue weighted by Gasteiger charge is 2.37. The highest BCUT2D eigenvalue weighted by Crippen LogP contribution is 2.32. The molecule has 1 heterocycles. The van der Waals surface area contributed by atoms with E-state index in [0.29, 0.717) is 0 Å². The maximum atomic E-state index is 12.4. The van der Waals surface area contributed by atoms with E-state index in [1.807, 2.05) is 48.5 Å². The van der Waals surface area contributed by atoms with E-state index in [0.717, 1.165) is 27.8 Å². The van der Waals surface area contributed by atoms with Crippen LogP contribution in [0.3, 0.4) is 0 Å². The SMILES string of the molecule is O=C(/C=C(\O)c1ccc(-c2ccc(-n3c4ccccc4c4ccccc43)cc2)cc1)C(F)(F)F. The first kappa shape index (κ1) is 21.5. The number of fused-ring (bicyclic) bond motifs is 3. The Kier molecular flexibility index (Phi) is 5.21. The third kappa shape index (κ3) is 3.83. The summed E-state index contributed by atoms with van der Waals surface area (Å²) in [6, 6.07) is 30.8. The van der Waals surface area contributed by atoms with Crippen LogP contribution in [0.2, 0.25) is 0 Å². The lowest BCUT2D eigenvalue weighted by atomic mass is 10.0. The summed E-state index contributed by atoms with van der Waals surface area (Å²) in [7, 11) is 0. The summed E-state index contributed by atoms with van der Waals surface area (Å²) in [5, 5.41) is 12.2. The summed E-state index contributed by atoms with van der Waals surface area (Å²) >= 11 is 0. The number of aliphatic hydroxyl groups excluding tert-OH is 1. The van der Waals surface area contributed by atoms with Crippen molar-refractivity contribution in [1.29, 1.82) is 0 Å². The number of allylic oxidation sites excluding steroid dienone is 1. The van der Waals surface area contributed by atoms with Crippen LogP contribution in [-0.2, 0) is 4.79 Å². The molecule has 5 aromatic rings. The molecular formula is C28H18F3NO2. The second-order valence-corrected chi connectivity index (χ2v) is 7.89. The summed E-state index contributed by atoms with van der Waals surface area (Å²) in [5.41, 5.74) is 5.08. The van der Waals surface area contributed by atoms with Gasteiger partial charge in [-0.15, -0.1) is 0 Å². The summed E-state index contributed by atoms with van der Waals surface area (Å²) in [5.74, 6) is -2.83. The minimum Gasteiger partial charge on any atom is -0.507 e. The molecule has 0 atom stereocenters. The Labute approximate surface area is 193 Å². The van der Waals surface area contributed by atoms with Crippen LogP contribution in [-0.4, -0.2) is 21.6 Å². The van der Waals surface area contributed by atoms with Gasteiger partial charge < -0.3 is 9.67 Å². The molecule has 0 aliphatic carbocycles. The lowest BCUT2D eigenvalue weighted by Crippen LogP contribution is -2.20. The molecule has 0 saturated carbocycles. The quantitative estimate of drug-likeness (QED) is 0.225. The molecule has 4 aromatic carbocycles. The molecule has 1 aromatic heterocycles. The van der Waals surface area contributed by atoms with Crippen molar-refractivity contribution in [1.82, 2.24) is 4.57 Å². The molecule has 34 heavy (non-hydrogen) atoms. The number of benzene rings is 4. The lowest BCUT2D eigenvalue weighted by molar-refractivity contribution is -0.165. The fourth-order valence-corrected chi connectivity index (χ4v) is 4.13. The molecule has 0 aliphatic heterocycles. The Morgan fingerprint density at radius 1 is 0.706 bits per heavy atom. The molecule has 0 aliphatic rings. The number of halogens is 3. The topological polar surface area (TPSA) is 42.2 Å². The van der Waals surface area contributed by atoms with Crippen molar-refractivity contribution in [2.45, 2.75) is 6.18 Å². The minimum atomic E-state index is -5.02. The van der Waals surface area contributed by atoms with E-state index < -0.39 is 17.7 Å². The molecule has 5 rings (SSSR count). The largest absolute Gasteiger partial charge is 0.507 e. The molecule has 168 valence electrons. The fraction of sp³-hybridized carbons (Fsp3) is 0.0357. The highest BCUT2D eigenvalue weighted by atomic mass is 19.4. The molecular weight excluding hydrogens is 439 g/mol. The third-order valence-electron chi connectivity index (χ3n) is 5.77. The van der Waals surface area contributed by atoms with Crippen LogP contribution in [0.1, 0.15) is 5.56 Å². The van der Waals surface area contributed by atoms with Crippen molar-refractivity contribution in [3.05, 3.63) is 109 Å². The van der Waals surface area contributed by atoms with Crippen LogP contribution in [0.4, 0.5) is 13.2 Å². The van der Waals surface area contributed by atoms with Gasteiger partial charge >= 0.3 is 6.18 Å². The van der Waals surface area contributed by atoms with E-state index in [1.54, 1.807) is 12.1 Å². The van der Waals surface area contributed by atoms with Crippen LogP contribution < -0.4 is 0 Å². The molecule has 0 unspecified atom stereocenters. The van der Waals surface area contributed by atoms with E-state index in [-0.39, 0.29) is 11.6 Å². The zero-order valence-electron chi connectivity index (χ0n) is 17.8. The van der Waals surface area contributed by atoms with Crippen LogP contribution in [0, 0.1) is 0 Å². The molecule has 0 spiro atoms. The number of ketones is 1. The van der Waals surface area contributed by atoms with Gasteiger partial charge in [-0.25, -0.2) is 0 Å².